The van der Waals surface area contributed by atoms with Crippen molar-refractivity contribution in [3.05, 3.63) is 87.3 Å². The Bertz CT molecular complexity index is 1310. The Morgan fingerprint density at radius 3 is 2.30 bits per heavy atom. The largest absolute Gasteiger partial charge is 0.504 e. The molecular weight excluding hydrogens is 432 g/mol. The van der Waals surface area contributed by atoms with Crippen LogP contribution in [0.25, 0.3) is 6.08 Å². The van der Waals surface area contributed by atoms with Gasteiger partial charge in [0, 0.05) is 5.56 Å². The van der Waals surface area contributed by atoms with Gasteiger partial charge in [0.2, 0.25) is 0 Å². The molecule has 3 aromatic carbocycles. The van der Waals surface area contributed by atoms with E-state index >= 15 is 0 Å². The number of aryl methyl sites for hydroxylation is 4. The number of para-hydroxylation sites is 1. The number of methoxy groups -OCH3 is 1. The average molecular weight is 459 g/mol. The maximum atomic E-state index is 13.5. The molecule has 1 aliphatic heterocycles. The number of benzene rings is 3. The molecular formula is C27H26N2O3S. The topological polar surface area (TPSA) is 62.1 Å². The first-order chi connectivity index (χ1) is 15.8. The molecule has 0 bridgehead atoms. The predicted molar refractivity (Wildman–Crippen MR) is 137 cm³/mol. The van der Waals surface area contributed by atoms with Gasteiger partial charge in [-0.2, -0.15) is 0 Å². The number of aromatic hydroxyl groups is 1. The number of aliphatic imine (C=N–C) groups is 1. The van der Waals surface area contributed by atoms with Gasteiger partial charge in [0.25, 0.3) is 5.91 Å². The Morgan fingerprint density at radius 1 is 0.939 bits per heavy atom. The van der Waals surface area contributed by atoms with E-state index in [9.17, 15) is 9.90 Å². The molecule has 3 aromatic rings. The molecule has 1 fully saturated rings. The summed E-state index contributed by atoms with van der Waals surface area (Å²) in [7, 11) is 1.50. The second kappa shape index (κ2) is 9.16. The van der Waals surface area contributed by atoms with Crippen molar-refractivity contribution in [2.24, 2.45) is 4.99 Å². The zero-order chi connectivity index (χ0) is 23.7. The number of ether oxygens (including phenoxy) is 1. The van der Waals surface area contributed by atoms with Crippen molar-refractivity contribution in [3.63, 3.8) is 0 Å². The van der Waals surface area contributed by atoms with E-state index in [1.54, 1.807) is 29.2 Å². The van der Waals surface area contributed by atoms with Crippen LogP contribution >= 0.6 is 11.8 Å². The Kier molecular flexibility index (Phi) is 6.29. The lowest BCUT2D eigenvalue weighted by molar-refractivity contribution is -0.113. The Morgan fingerprint density at radius 2 is 1.64 bits per heavy atom. The smallest absolute Gasteiger partial charge is 0.271 e. The highest BCUT2D eigenvalue weighted by Crippen LogP contribution is 2.40. The van der Waals surface area contributed by atoms with E-state index in [1.807, 2.05) is 57.2 Å². The molecule has 168 valence electrons. The molecule has 0 spiro atoms. The summed E-state index contributed by atoms with van der Waals surface area (Å²) in [6, 6.07) is 17.1. The molecule has 0 aromatic heterocycles. The van der Waals surface area contributed by atoms with Gasteiger partial charge in [-0.15, -0.1) is 0 Å². The van der Waals surface area contributed by atoms with Crippen molar-refractivity contribution in [2.75, 3.05) is 12.0 Å². The van der Waals surface area contributed by atoms with Crippen LogP contribution in [-0.4, -0.2) is 23.3 Å². The highest BCUT2D eigenvalue weighted by molar-refractivity contribution is 8.19. The molecule has 1 N–H and O–H groups in total. The van der Waals surface area contributed by atoms with Crippen LogP contribution in [0.5, 0.6) is 11.5 Å². The number of amidine groups is 1. The number of hydrogen-bond donors (Lipinski definition) is 1. The van der Waals surface area contributed by atoms with Crippen LogP contribution in [0.1, 0.15) is 27.8 Å². The minimum absolute atomic E-state index is 0.00169. The number of rotatable bonds is 4. The lowest BCUT2D eigenvalue weighted by atomic mass is 10.1. The van der Waals surface area contributed by atoms with Gasteiger partial charge in [-0.3, -0.25) is 9.69 Å². The molecule has 1 saturated heterocycles. The van der Waals surface area contributed by atoms with E-state index < -0.39 is 0 Å². The van der Waals surface area contributed by atoms with E-state index in [1.165, 1.54) is 24.4 Å². The number of thioether (sulfide) groups is 1. The number of phenols is 1. The van der Waals surface area contributed by atoms with Gasteiger partial charge in [0.15, 0.2) is 16.7 Å². The molecule has 0 unspecified atom stereocenters. The number of anilines is 1. The van der Waals surface area contributed by atoms with Crippen molar-refractivity contribution >= 4 is 40.3 Å². The first-order valence-corrected chi connectivity index (χ1v) is 11.4. The number of nitrogens with zero attached hydrogens (tertiary/aromatic N) is 2. The van der Waals surface area contributed by atoms with Gasteiger partial charge < -0.3 is 9.84 Å². The van der Waals surface area contributed by atoms with Crippen molar-refractivity contribution in [3.8, 4) is 11.5 Å². The van der Waals surface area contributed by atoms with Gasteiger partial charge in [0.1, 0.15) is 0 Å². The van der Waals surface area contributed by atoms with Gasteiger partial charge in [0.05, 0.1) is 23.4 Å². The summed E-state index contributed by atoms with van der Waals surface area (Å²) in [6.45, 7) is 8.17. The van der Waals surface area contributed by atoms with Crippen molar-refractivity contribution < 1.29 is 14.6 Å². The third-order valence-corrected chi connectivity index (χ3v) is 6.78. The molecule has 1 aliphatic rings. The first-order valence-electron chi connectivity index (χ1n) is 10.6. The number of phenolic OH excluding ortho intramolecular Hbond substituents is 1. The number of carbonyl (C=O) groups excluding carboxylic acids is 1. The molecule has 5 nitrogen and oxygen atoms in total. The van der Waals surface area contributed by atoms with Crippen LogP contribution < -0.4 is 9.64 Å². The van der Waals surface area contributed by atoms with E-state index in [4.69, 9.17) is 9.73 Å². The quantitative estimate of drug-likeness (QED) is 0.457. The minimum atomic E-state index is -0.187. The summed E-state index contributed by atoms with van der Waals surface area (Å²) in [5, 5.41) is 11.1. The summed E-state index contributed by atoms with van der Waals surface area (Å²) in [6.07, 6.45) is 1.68. The number of amides is 1. The van der Waals surface area contributed by atoms with Crippen molar-refractivity contribution in [2.45, 2.75) is 27.7 Å². The molecule has 33 heavy (non-hydrogen) atoms. The first kappa shape index (κ1) is 22.7. The lowest BCUT2D eigenvalue weighted by Crippen LogP contribution is -2.28. The average Bonchev–Trinajstić information content (AvgIpc) is 3.09. The SMILES string of the molecule is COc1cccc(/C=C2\SC(=Nc3ccc(C)c(C)c3)N(c3ccc(C)c(C)c3)C2=O)c1O. The van der Waals surface area contributed by atoms with Crippen LogP contribution in [-0.2, 0) is 4.79 Å². The third-order valence-electron chi connectivity index (χ3n) is 5.81. The highest BCUT2D eigenvalue weighted by Gasteiger charge is 2.35. The third kappa shape index (κ3) is 4.52. The molecule has 0 saturated carbocycles. The van der Waals surface area contributed by atoms with Crippen LogP contribution in [0, 0.1) is 27.7 Å². The van der Waals surface area contributed by atoms with Crippen molar-refractivity contribution in [1.29, 1.82) is 0 Å². The second-order valence-electron chi connectivity index (χ2n) is 8.08. The molecule has 6 heteroatoms. The minimum Gasteiger partial charge on any atom is -0.504 e. The monoisotopic (exact) mass is 458 g/mol. The molecule has 1 heterocycles. The summed E-state index contributed by atoms with van der Waals surface area (Å²) >= 11 is 1.29. The Labute approximate surface area is 198 Å². The molecule has 1 amide bonds. The second-order valence-corrected chi connectivity index (χ2v) is 9.09. The fourth-order valence-electron chi connectivity index (χ4n) is 3.51. The van der Waals surface area contributed by atoms with Crippen LogP contribution in [0.2, 0.25) is 0 Å². The predicted octanol–water partition coefficient (Wildman–Crippen LogP) is 6.44. The number of hydrogen-bond acceptors (Lipinski definition) is 5. The zero-order valence-corrected chi connectivity index (χ0v) is 20.2. The Balaban J connectivity index is 1.82. The van der Waals surface area contributed by atoms with Gasteiger partial charge in [-0.1, -0.05) is 24.3 Å². The summed E-state index contributed by atoms with van der Waals surface area (Å²) in [5.41, 5.74) is 6.64. The summed E-state index contributed by atoms with van der Waals surface area (Å²) in [5.74, 6) is 0.168. The Hall–Kier alpha value is -3.51. The zero-order valence-electron chi connectivity index (χ0n) is 19.3. The molecule has 0 atom stereocenters. The van der Waals surface area contributed by atoms with Crippen LogP contribution in [0.15, 0.2) is 64.5 Å². The summed E-state index contributed by atoms with van der Waals surface area (Å²) < 4.78 is 5.21. The van der Waals surface area contributed by atoms with E-state index in [-0.39, 0.29) is 11.7 Å². The van der Waals surface area contributed by atoms with Crippen LogP contribution in [0.3, 0.4) is 0 Å². The normalized spacial score (nSPS) is 16.2. The fraction of sp³-hybridized carbons (Fsp3) is 0.185. The van der Waals surface area contributed by atoms with Gasteiger partial charge in [-0.05, 0) is 98.1 Å². The number of carbonyl (C=O) groups is 1. The maximum Gasteiger partial charge on any atom is 0.271 e. The molecule has 4 rings (SSSR count). The molecule has 0 radical (unpaired) electrons. The highest BCUT2D eigenvalue weighted by atomic mass is 32.2. The maximum absolute atomic E-state index is 13.5. The fourth-order valence-corrected chi connectivity index (χ4v) is 4.50. The van der Waals surface area contributed by atoms with Crippen molar-refractivity contribution in [1.82, 2.24) is 0 Å². The van der Waals surface area contributed by atoms with E-state index in [0.717, 1.165) is 28.1 Å². The van der Waals surface area contributed by atoms with E-state index in [2.05, 4.69) is 6.92 Å². The summed E-state index contributed by atoms with van der Waals surface area (Å²) in [4.78, 5) is 20.5. The standard InChI is InChI=1S/C27H26N2O3S/c1-16-9-11-21(13-18(16)3)28-27-29(22-12-10-17(2)19(4)14-22)26(31)24(33-27)15-20-7-6-8-23(32-5)25(20)30/h6-15,30H,1-5H3/b24-15-,28-27?. The van der Waals surface area contributed by atoms with Gasteiger partial charge in [-0.25, -0.2) is 4.99 Å². The van der Waals surface area contributed by atoms with E-state index in [0.29, 0.717) is 21.4 Å². The van der Waals surface area contributed by atoms with Gasteiger partial charge >= 0.3 is 0 Å². The molecule has 0 aliphatic carbocycles. The van der Waals surface area contributed by atoms with Crippen LogP contribution in [0.4, 0.5) is 11.4 Å². The lowest BCUT2D eigenvalue weighted by Gasteiger charge is -2.17.